The molecule has 28 heavy (non-hydrogen) atoms. The van der Waals surface area contributed by atoms with Crippen LogP contribution in [-0.2, 0) is 11.2 Å². The maximum absolute atomic E-state index is 12.8. The Bertz CT molecular complexity index is 942. The third-order valence-electron chi connectivity index (χ3n) is 4.96. The van der Waals surface area contributed by atoms with Crippen molar-refractivity contribution >= 4 is 5.91 Å². The van der Waals surface area contributed by atoms with Crippen LogP contribution >= 0.6 is 0 Å². The minimum Gasteiger partial charge on any atom is -0.497 e. The molecule has 1 fully saturated rings. The van der Waals surface area contributed by atoms with E-state index in [0.717, 1.165) is 24.2 Å². The zero-order chi connectivity index (χ0) is 19.3. The number of pyridine rings is 1. The number of aromatic nitrogens is 3. The fourth-order valence-electron chi connectivity index (χ4n) is 3.51. The van der Waals surface area contributed by atoms with E-state index in [9.17, 15) is 4.79 Å². The minimum atomic E-state index is -0.164. The van der Waals surface area contributed by atoms with E-state index in [1.165, 1.54) is 0 Å². The first kappa shape index (κ1) is 18.2. The van der Waals surface area contributed by atoms with E-state index in [4.69, 9.17) is 9.26 Å². The number of likely N-dealkylation sites (tertiary alicyclic amines) is 1. The Kier molecular flexibility index (Phi) is 5.32. The van der Waals surface area contributed by atoms with E-state index in [1.807, 2.05) is 47.4 Å². The van der Waals surface area contributed by atoms with Crippen LogP contribution in [0.4, 0.5) is 0 Å². The Labute approximate surface area is 163 Å². The first-order valence-electron chi connectivity index (χ1n) is 9.42. The largest absolute Gasteiger partial charge is 0.497 e. The second-order valence-corrected chi connectivity index (χ2v) is 6.77. The highest BCUT2D eigenvalue weighted by molar-refractivity contribution is 5.77. The molecule has 1 aromatic carbocycles. The zero-order valence-corrected chi connectivity index (χ0v) is 15.7. The van der Waals surface area contributed by atoms with Crippen LogP contribution in [0.25, 0.3) is 11.5 Å². The minimum absolute atomic E-state index is 0.0999. The number of hydrogen-bond donors (Lipinski definition) is 0. The van der Waals surface area contributed by atoms with Crippen LogP contribution in [0.2, 0.25) is 0 Å². The van der Waals surface area contributed by atoms with Crippen molar-refractivity contribution in [2.45, 2.75) is 31.7 Å². The molecule has 0 N–H and O–H groups in total. The summed E-state index contributed by atoms with van der Waals surface area (Å²) in [6.07, 6.45) is 4.55. The highest BCUT2D eigenvalue weighted by Crippen LogP contribution is 2.32. The van der Waals surface area contributed by atoms with Crippen molar-refractivity contribution in [1.29, 1.82) is 0 Å². The number of benzene rings is 1. The summed E-state index contributed by atoms with van der Waals surface area (Å²) in [6.45, 7) is 0.711. The molecule has 2 aromatic heterocycles. The molecule has 0 bridgehead atoms. The summed E-state index contributed by atoms with van der Waals surface area (Å²) in [5, 5.41) is 4.04. The van der Waals surface area contributed by atoms with Crippen LogP contribution in [0.3, 0.4) is 0 Å². The van der Waals surface area contributed by atoms with Crippen molar-refractivity contribution in [2.75, 3.05) is 13.7 Å². The van der Waals surface area contributed by atoms with Crippen molar-refractivity contribution in [3.05, 3.63) is 60.1 Å². The van der Waals surface area contributed by atoms with Gasteiger partial charge in [-0.3, -0.25) is 9.78 Å². The highest BCUT2D eigenvalue weighted by Gasteiger charge is 2.33. The lowest BCUT2D eigenvalue weighted by molar-refractivity contribution is -0.132. The number of carbonyl (C=O) groups excluding carboxylic acids is 1. The van der Waals surface area contributed by atoms with Gasteiger partial charge in [-0.1, -0.05) is 23.4 Å². The van der Waals surface area contributed by atoms with Crippen LogP contribution < -0.4 is 4.74 Å². The molecule has 144 valence electrons. The van der Waals surface area contributed by atoms with Gasteiger partial charge in [0, 0.05) is 19.2 Å². The molecular formula is C21H22N4O3. The Morgan fingerprint density at radius 3 is 3.04 bits per heavy atom. The predicted octanol–water partition coefficient (Wildman–Crippen LogP) is 3.44. The van der Waals surface area contributed by atoms with E-state index >= 15 is 0 Å². The van der Waals surface area contributed by atoms with Crippen LogP contribution in [0.15, 0.2) is 53.2 Å². The van der Waals surface area contributed by atoms with Crippen molar-refractivity contribution < 1.29 is 14.1 Å². The van der Waals surface area contributed by atoms with Crippen molar-refractivity contribution in [1.82, 2.24) is 20.0 Å². The molecule has 1 atom stereocenters. The molecular weight excluding hydrogens is 356 g/mol. The Morgan fingerprint density at radius 1 is 1.29 bits per heavy atom. The smallest absolute Gasteiger partial charge is 0.249 e. The molecule has 1 amide bonds. The van der Waals surface area contributed by atoms with Crippen molar-refractivity contribution in [3.63, 3.8) is 0 Å². The maximum Gasteiger partial charge on any atom is 0.249 e. The van der Waals surface area contributed by atoms with Crippen molar-refractivity contribution in [2.24, 2.45) is 0 Å². The standard InChI is InChI=1S/C21H22N4O3/c1-27-16-7-4-6-15(14-16)10-11-19(26)25-13-5-9-18(25)21-23-20(24-28-21)17-8-2-3-12-22-17/h2-4,6-8,12,14,18H,5,9-11,13H2,1H3. The van der Waals surface area contributed by atoms with E-state index in [0.29, 0.717) is 36.8 Å². The lowest BCUT2D eigenvalue weighted by Gasteiger charge is -2.21. The second kappa shape index (κ2) is 8.21. The van der Waals surface area contributed by atoms with Gasteiger partial charge in [0.25, 0.3) is 0 Å². The van der Waals surface area contributed by atoms with E-state index in [1.54, 1.807) is 13.3 Å². The molecule has 1 unspecified atom stereocenters. The van der Waals surface area contributed by atoms with Crippen LogP contribution in [0.5, 0.6) is 5.75 Å². The Balaban J connectivity index is 1.43. The summed E-state index contributed by atoms with van der Waals surface area (Å²) in [4.78, 5) is 23.4. The summed E-state index contributed by atoms with van der Waals surface area (Å²) in [6, 6.07) is 13.2. The third-order valence-corrected chi connectivity index (χ3v) is 4.96. The number of amides is 1. The molecule has 3 aromatic rings. The summed E-state index contributed by atoms with van der Waals surface area (Å²) < 4.78 is 10.7. The lowest BCUT2D eigenvalue weighted by atomic mass is 10.1. The highest BCUT2D eigenvalue weighted by atomic mass is 16.5. The molecule has 0 saturated carbocycles. The number of hydrogen-bond acceptors (Lipinski definition) is 6. The molecule has 1 aliphatic rings. The first-order valence-corrected chi connectivity index (χ1v) is 9.42. The molecule has 1 aliphatic heterocycles. The van der Waals surface area contributed by atoms with Crippen LogP contribution in [0, 0.1) is 0 Å². The van der Waals surface area contributed by atoms with Gasteiger partial charge in [-0.2, -0.15) is 4.98 Å². The predicted molar refractivity (Wildman–Crippen MR) is 103 cm³/mol. The second-order valence-electron chi connectivity index (χ2n) is 6.77. The van der Waals surface area contributed by atoms with Gasteiger partial charge in [-0.05, 0) is 49.1 Å². The average Bonchev–Trinajstić information content (AvgIpc) is 3.42. The molecule has 7 nitrogen and oxygen atoms in total. The molecule has 0 radical (unpaired) electrons. The van der Waals surface area contributed by atoms with E-state index in [-0.39, 0.29) is 11.9 Å². The topological polar surface area (TPSA) is 81.4 Å². The molecule has 1 saturated heterocycles. The van der Waals surface area contributed by atoms with Gasteiger partial charge in [0.05, 0.1) is 7.11 Å². The van der Waals surface area contributed by atoms with Crippen LogP contribution in [0.1, 0.15) is 36.8 Å². The molecule has 0 aliphatic carbocycles. The van der Waals surface area contributed by atoms with Gasteiger partial charge in [-0.25, -0.2) is 0 Å². The summed E-state index contributed by atoms with van der Waals surface area (Å²) in [5.41, 5.74) is 1.74. The van der Waals surface area contributed by atoms with E-state index in [2.05, 4.69) is 15.1 Å². The van der Waals surface area contributed by atoms with Gasteiger partial charge < -0.3 is 14.2 Å². The number of carbonyl (C=O) groups is 1. The number of methoxy groups -OCH3 is 1. The van der Waals surface area contributed by atoms with Gasteiger partial charge >= 0.3 is 0 Å². The number of aryl methyl sites for hydroxylation is 1. The molecule has 0 spiro atoms. The SMILES string of the molecule is COc1cccc(CCC(=O)N2CCCC2c2nc(-c3ccccn3)no2)c1. The average molecular weight is 378 g/mol. The quantitative estimate of drug-likeness (QED) is 0.654. The molecule has 7 heteroatoms. The summed E-state index contributed by atoms with van der Waals surface area (Å²) in [7, 11) is 1.64. The Hall–Kier alpha value is -3.22. The fourth-order valence-corrected chi connectivity index (χ4v) is 3.51. The van der Waals surface area contributed by atoms with Gasteiger partial charge in [0.15, 0.2) is 0 Å². The van der Waals surface area contributed by atoms with Crippen LogP contribution in [-0.4, -0.2) is 39.6 Å². The number of nitrogens with zero attached hydrogens (tertiary/aromatic N) is 4. The maximum atomic E-state index is 12.8. The normalized spacial score (nSPS) is 16.3. The fraction of sp³-hybridized carbons (Fsp3) is 0.333. The van der Waals surface area contributed by atoms with Gasteiger partial charge in [0.1, 0.15) is 17.5 Å². The number of rotatable bonds is 6. The molecule has 4 rings (SSSR count). The summed E-state index contributed by atoms with van der Waals surface area (Å²) >= 11 is 0. The summed E-state index contributed by atoms with van der Waals surface area (Å²) in [5.74, 6) is 1.83. The third kappa shape index (κ3) is 3.88. The monoisotopic (exact) mass is 378 g/mol. The van der Waals surface area contributed by atoms with E-state index < -0.39 is 0 Å². The van der Waals surface area contributed by atoms with Crippen molar-refractivity contribution in [3.8, 4) is 17.3 Å². The number of ether oxygens (including phenoxy) is 1. The molecule has 3 heterocycles. The first-order chi connectivity index (χ1) is 13.7. The Morgan fingerprint density at radius 2 is 2.21 bits per heavy atom. The van der Waals surface area contributed by atoms with Gasteiger partial charge in [0.2, 0.25) is 17.6 Å². The van der Waals surface area contributed by atoms with Gasteiger partial charge in [-0.15, -0.1) is 0 Å². The zero-order valence-electron chi connectivity index (χ0n) is 15.7. The lowest BCUT2D eigenvalue weighted by Crippen LogP contribution is -2.30.